The third-order valence-corrected chi connectivity index (χ3v) is 4.27. The Bertz CT molecular complexity index is 609. The number of benzene rings is 1. The predicted molar refractivity (Wildman–Crippen MR) is 72.9 cm³/mol. The van der Waals surface area contributed by atoms with Crippen molar-refractivity contribution in [1.82, 2.24) is 4.72 Å². The quantitative estimate of drug-likeness (QED) is 0.820. The van der Waals surface area contributed by atoms with E-state index in [4.69, 9.17) is 5.11 Å². The normalized spacial score (nSPS) is 12.8. The molecule has 0 aliphatic carbocycles. The second-order valence-electron chi connectivity index (χ2n) is 4.25. The summed E-state index contributed by atoms with van der Waals surface area (Å²) in [6, 6.07) is 4.35. The third-order valence-electron chi connectivity index (χ3n) is 2.71. The third kappa shape index (κ3) is 3.78. The monoisotopic (exact) mass is 300 g/mol. The van der Waals surface area contributed by atoms with Gasteiger partial charge in [-0.2, -0.15) is 4.72 Å². The number of carbonyl (C=O) groups is 2. The fourth-order valence-electron chi connectivity index (χ4n) is 1.38. The number of nitrogens with one attached hydrogen (secondary N) is 1. The van der Waals surface area contributed by atoms with Crippen molar-refractivity contribution in [3.63, 3.8) is 0 Å². The number of carbonyl (C=O) groups excluding carboxylic acids is 1. The summed E-state index contributed by atoms with van der Waals surface area (Å²) < 4.78 is 25.8. The molecule has 110 valence electrons. The summed E-state index contributed by atoms with van der Waals surface area (Å²) in [4.78, 5) is 23.1. The molecule has 0 aromatic heterocycles. The first-order valence-electron chi connectivity index (χ1n) is 5.74. The van der Waals surface area contributed by atoms with Crippen LogP contribution in [0.1, 0.15) is 13.8 Å². The van der Waals surface area contributed by atoms with Gasteiger partial charge in [0.1, 0.15) is 6.04 Å². The standard InChI is InChI=1S/C12H16N2O5S/c1-8(12(16)17)13-20(18,19)11-6-4-10(5-7-11)14(3)9(2)15/h4-8,13H,1-3H3,(H,16,17)/t8-/m0/s1. The van der Waals surface area contributed by atoms with E-state index in [1.807, 2.05) is 4.72 Å². The molecular formula is C12H16N2O5S. The molecule has 0 bridgehead atoms. The molecule has 0 unspecified atom stereocenters. The van der Waals surface area contributed by atoms with Gasteiger partial charge in [0, 0.05) is 19.7 Å². The molecular weight excluding hydrogens is 284 g/mol. The number of sulfonamides is 1. The molecule has 0 heterocycles. The maximum absolute atomic E-state index is 11.9. The van der Waals surface area contributed by atoms with Crippen molar-refractivity contribution in [2.24, 2.45) is 0 Å². The van der Waals surface area contributed by atoms with Crippen molar-refractivity contribution < 1.29 is 23.1 Å². The average molecular weight is 300 g/mol. The maximum atomic E-state index is 11.9. The topological polar surface area (TPSA) is 104 Å². The van der Waals surface area contributed by atoms with Gasteiger partial charge in [-0.25, -0.2) is 8.42 Å². The van der Waals surface area contributed by atoms with E-state index >= 15 is 0 Å². The molecule has 8 heteroatoms. The summed E-state index contributed by atoms with van der Waals surface area (Å²) in [6.07, 6.45) is 0. The lowest BCUT2D eigenvalue weighted by Crippen LogP contribution is -2.38. The van der Waals surface area contributed by atoms with Crippen LogP contribution in [0, 0.1) is 0 Å². The molecule has 1 aromatic rings. The maximum Gasteiger partial charge on any atom is 0.321 e. The highest BCUT2D eigenvalue weighted by atomic mass is 32.2. The van der Waals surface area contributed by atoms with Gasteiger partial charge in [0.2, 0.25) is 15.9 Å². The van der Waals surface area contributed by atoms with Gasteiger partial charge < -0.3 is 10.0 Å². The van der Waals surface area contributed by atoms with Gasteiger partial charge in [0.15, 0.2) is 0 Å². The highest BCUT2D eigenvalue weighted by Crippen LogP contribution is 2.17. The molecule has 0 saturated carbocycles. The molecule has 0 aliphatic rings. The van der Waals surface area contributed by atoms with Crippen molar-refractivity contribution in [2.75, 3.05) is 11.9 Å². The van der Waals surface area contributed by atoms with Crippen LogP contribution in [0.3, 0.4) is 0 Å². The Hall–Kier alpha value is -1.93. The Morgan fingerprint density at radius 2 is 1.75 bits per heavy atom. The van der Waals surface area contributed by atoms with Crippen LogP contribution in [-0.2, 0) is 19.6 Å². The lowest BCUT2D eigenvalue weighted by atomic mass is 10.3. The van der Waals surface area contributed by atoms with Crippen LogP contribution in [0.15, 0.2) is 29.2 Å². The van der Waals surface area contributed by atoms with E-state index in [2.05, 4.69) is 0 Å². The fraction of sp³-hybridized carbons (Fsp3) is 0.333. The van der Waals surface area contributed by atoms with Gasteiger partial charge >= 0.3 is 5.97 Å². The molecule has 1 amide bonds. The number of hydrogen-bond acceptors (Lipinski definition) is 4. The van der Waals surface area contributed by atoms with Gasteiger partial charge in [0.25, 0.3) is 0 Å². The molecule has 0 radical (unpaired) electrons. The van der Waals surface area contributed by atoms with Crippen LogP contribution in [-0.4, -0.2) is 38.5 Å². The van der Waals surface area contributed by atoms with E-state index in [1.54, 1.807) is 7.05 Å². The molecule has 1 atom stereocenters. The number of nitrogens with zero attached hydrogens (tertiary/aromatic N) is 1. The highest BCUT2D eigenvalue weighted by molar-refractivity contribution is 7.89. The second kappa shape index (κ2) is 6.02. The molecule has 0 fully saturated rings. The molecule has 0 saturated heterocycles. The van der Waals surface area contributed by atoms with Crippen molar-refractivity contribution in [3.05, 3.63) is 24.3 Å². The Kier molecular flexibility index (Phi) is 4.85. The van der Waals surface area contributed by atoms with Crippen LogP contribution >= 0.6 is 0 Å². The lowest BCUT2D eigenvalue weighted by Gasteiger charge is -2.15. The number of aliphatic carboxylic acids is 1. The molecule has 1 rings (SSSR count). The van der Waals surface area contributed by atoms with E-state index in [9.17, 15) is 18.0 Å². The Labute approximate surface area is 117 Å². The zero-order chi connectivity index (χ0) is 15.5. The van der Waals surface area contributed by atoms with Crippen LogP contribution in [0.25, 0.3) is 0 Å². The summed E-state index contributed by atoms with van der Waals surface area (Å²) in [5.74, 6) is -1.44. The first kappa shape index (κ1) is 16.1. The minimum absolute atomic E-state index is 0.0636. The van der Waals surface area contributed by atoms with Crippen molar-refractivity contribution in [1.29, 1.82) is 0 Å². The van der Waals surface area contributed by atoms with E-state index < -0.39 is 22.0 Å². The van der Waals surface area contributed by atoms with Crippen LogP contribution < -0.4 is 9.62 Å². The zero-order valence-electron chi connectivity index (χ0n) is 11.3. The van der Waals surface area contributed by atoms with Crippen LogP contribution in [0.2, 0.25) is 0 Å². The summed E-state index contributed by atoms with van der Waals surface area (Å²) in [5.41, 5.74) is 0.544. The first-order valence-corrected chi connectivity index (χ1v) is 7.23. The molecule has 1 aromatic carbocycles. The number of anilines is 1. The number of amides is 1. The largest absolute Gasteiger partial charge is 0.480 e. The Balaban J connectivity index is 2.98. The van der Waals surface area contributed by atoms with Gasteiger partial charge in [0.05, 0.1) is 4.90 Å². The van der Waals surface area contributed by atoms with Crippen molar-refractivity contribution in [2.45, 2.75) is 24.8 Å². The number of carboxylic acid groups (broad SMARTS) is 1. The van der Waals surface area contributed by atoms with Gasteiger partial charge in [-0.05, 0) is 31.2 Å². The predicted octanol–water partition coefficient (Wildman–Crippen LogP) is 0.421. The fourth-order valence-corrected chi connectivity index (χ4v) is 2.58. The van der Waals surface area contributed by atoms with Crippen LogP contribution in [0.4, 0.5) is 5.69 Å². The van der Waals surface area contributed by atoms with E-state index in [-0.39, 0.29) is 10.8 Å². The number of rotatable bonds is 5. The molecule has 0 aliphatic heterocycles. The molecule has 20 heavy (non-hydrogen) atoms. The van der Waals surface area contributed by atoms with Gasteiger partial charge in [-0.1, -0.05) is 0 Å². The molecule has 7 nitrogen and oxygen atoms in total. The molecule has 0 spiro atoms. The number of hydrogen-bond donors (Lipinski definition) is 2. The highest BCUT2D eigenvalue weighted by Gasteiger charge is 2.21. The van der Waals surface area contributed by atoms with Crippen LogP contribution in [0.5, 0.6) is 0 Å². The Morgan fingerprint density at radius 1 is 1.25 bits per heavy atom. The lowest BCUT2D eigenvalue weighted by molar-refractivity contribution is -0.138. The average Bonchev–Trinajstić information content (AvgIpc) is 2.37. The van der Waals surface area contributed by atoms with E-state index in [0.717, 1.165) is 0 Å². The Morgan fingerprint density at radius 3 is 2.15 bits per heavy atom. The number of carboxylic acids is 1. The minimum atomic E-state index is -3.90. The van der Waals surface area contributed by atoms with Gasteiger partial charge in [-0.15, -0.1) is 0 Å². The summed E-state index contributed by atoms with van der Waals surface area (Å²) in [5, 5.41) is 8.70. The SMILES string of the molecule is CC(=O)N(C)c1ccc(S(=O)(=O)N[C@@H](C)C(=O)O)cc1. The molecule has 2 N–H and O–H groups in total. The van der Waals surface area contributed by atoms with E-state index in [0.29, 0.717) is 5.69 Å². The van der Waals surface area contributed by atoms with E-state index in [1.165, 1.54) is 43.0 Å². The summed E-state index contributed by atoms with van der Waals surface area (Å²) in [7, 11) is -2.34. The second-order valence-corrected chi connectivity index (χ2v) is 5.97. The van der Waals surface area contributed by atoms with Crippen molar-refractivity contribution in [3.8, 4) is 0 Å². The zero-order valence-corrected chi connectivity index (χ0v) is 12.1. The van der Waals surface area contributed by atoms with Gasteiger partial charge in [-0.3, -0.25) is 9.59 Å². The summed E-state index contributed by atoms with van der Waals surface area (Å²) in [6.45, 7) is 2.62. The first-order chi connectivity index (χ1) is 9.15. The smallest absolute Gasteiger partial charge is 0.321 e. The summed E-state index contributed by atoms with van der Waals surface area (Å²) >= 11 is 0. The minimum Gasteiger partial charge on any atom is -0.480 e. The van der Waals surface area contributed by atoms with Crippen molar-refractivity contribution >= 4 is 27.6 Å².